The van der Waals surface area contributed by atoms with Gasteiger partial charge in [-0.1, -0.05) is 24.3 Å². The molecular weight excluding hydrogens is 354 g/mol. The molecule has 1 aliphatic heterocycles. The Balaban J connectivity index is 1.86. The van der Waals surface area contributed by atoms with Gasteiger partial charge in [0.15, 0.2) is 11.5 Å². The summed E-state index contributed by atoms with van der Waals surface area (Å²) in [6.07, 6.45) is 0. The second-order valence-electron chi connectivity index (χ2n) is 6.66. The van der Waals surface area contributed by atoms with Crippen LogP contribution in [0.3, 0.4) is 0 Å². The van der Waals surface area contributed by atoms with Gasteiger partial charge in [0, 0.05) is 0 Å². The maximum Gasteiger partial charge on any atom is 0.249 e. The Morgan fingerprint density at radius 3 is 2.29 bits per heavy atom. The van der Waals surface area contributed by atoms with Gasteiger partial charge in [-0.05, 0) is 48.9 Å². The molecule has 0 saturated carbocycles. The molecule has 0 bridgehead atoms. The van der Waals surface area contributed by atoms with Crippen molar-refractivity contribution in [1.82, 2.24) is 0 Å². The van der Waals surface area contributed by atoms with Crippen LogP contribution in [-0.4, -0.2) is 14.2 Å². The summed E-state index contributed by atoms with van der Waals surface area (Å²) >= 11 is 0. The Bertz CT molecular complexity index is 1170. The molecule has 0 spiro atoms. The summed E-state index contributed by atoms with van der Waals surface area (Å²) in [5.74, 6) is 3.41. The van der Waals surface area contributed by atoms with Gasteiger partial charge in [-0.25, -0.2) is 0 Å². The van der Waals surface area contributed by atoms with Crippen molar-refractivity contribution in [3.63, 3.8) is 0 Å². The van der Waals surface area contributed by atoms with Gasteiger partial charge in [0.1, 0.15) is 22.8 Å². The Morgan fingerprint density at radius 2 is 1.54 bits per heavy atom. The number of benzene rings is 3. The maximum atomic E-state index is 6.24. The fourth-order valence-electron chi connectivity index (χ4n) is 3.67. The van der Waals surface area contributed by atoms with Crippen LogP contribution in [0.25, 0.3) is 11.0 Å². The van der Waals surface area contributed by atoms with E-state index in [4.69, 9.17) is 18.6 Å². The predicted molar refractivity (Wildman–Crippen MR) is 109 cm³/mol. The molecule has 5 rings (SSSR count). The fourth-order valence-corrected chi connectivity index (χ4v) is 3.67. The molecule has 5 heteroatoms. The molecule has 0 unspecified atom stereocenters. The third-order valence-corrected chi connectivity index (χ3v) is 4.90. The highest BCUT2D eigenvalue weighted by Gasteiger charge is 2.34. The van der Waals surface area contributed by atoms with E-state index in [9.17, 15) is 0 Å². The third kappa shape index (κ3) is 2.33. The lowest BCUT2D eigenvalue weighted by Gasteiger charge is -2.31. The van der Waals surface area contributed by atoms with Gasteiger partial charge in [-0.15, -0.1) is 0 Å². The minimum atomic E-state index is 0.598. The van der Waals surface area contributed by atoms with Crippen LogP contribution in [0.1, 0.15) is 5.56 Å². The number of nitrogens with zero attached hydrogens (tertiary/aromatic N) is 1. The molecule has 0 aliphatic carbocycles. The van der Waals surface area contributed by atoms with Gasteiger partial charge in [-0.3, -0.25) is 4.90 Å². The molecule has 28 heavy (non-hydrogen) atoms. The fraction of sp³-hybridized carbons (Fsp3) is 0.130. The van der Waals surface area contributed by atoms with E-state index in [1.165, 1.54) is 0 Å². The first-order chi connectivity index (χ1) is 13.7. The lowest BCUT2D eigenvalue weighted by atomic mass is 10.1. The van der Waals surface area contributed by atoms with Crippen molar-refractivity contribution < 1.29 is 18.6 Å². The number of methoxy groups -OCH3 is 2. The van der Waals surface area contributed by atoms with Crippen molar-refractivity contribution in [2.45, 2.75) is 6.92 Å². The zero-order chi connectivity index (χ0) is 19.3. The monoisotopic (exact) mass is 373 g/mol. The van der Waals surface area contributed by atoms with Crippen LogP contribution < -0.4 is 19.1 Å². The molecule has 0 N–H and O–H groups in total. The van der Waals surface area contributed by atoms with Crippen molar-refractivity contribution >= 4 is 28.2 Å². The minimum Gasteiger partial charge on any atom is -0.494 e. The van der Waals surface area contributed by atoms with E-state index in [2.05, 4.69) is 0 Å². The molecule has 0 radical (unpaired) electrons. The van der Waals surface area contributed by atoms with Gasteiger partial charge in [0.25, 0.3) is 0 Å². The molecule has 0 saturated heterocycles. The van der Waals surface area contributed by atoms with Crippen molar-refractivity contribution in [3.05, 3.63) is 66.2 Å². The van der Waals surface area contributed by atoms with Gasteiger partial charge >= 0.3 is 0 Å². The van der Waals surface area contributed by atoms with E-state index < -0.39 is 0 Å². The standard InChI is InChI=1S/C23H19NO4/c1-14-12-19(25-2)21(20(13-14)26-3)24-16-9-5-7-11-18(16)27-22-15-8-4-6-10-17(15)28-23(22)24/h4-13H,1-3H3. The molecule has 140 valence electrons. The number of fused-ring (bicyclic) bond motifs is 4. The number of rotatable bonds is 3. The average Bonchev–Trinajstić information content (AvgIpc) is 3.10. The van der Waals surface area contributed by atoms with E-state index in [0.29, 0.717) is 23.1 Å². The molecular formula is C23H19NO4. The maximum absolute atomic E-state index is 6.24. The van der Waals surface area contributed by atoms with Crippen molar-refractivity contribution in [2.75, 3.05) is 19.1 Å². The zero-order valence-electron chi connectivity index (χ0n) is 15.9. The number of para-hydroxylation sites is 3. The molecule has 4 aromatic rings. The van der Waals surface area contributed by atoms with Crippen LogP contribution in [0.2, 0.25) is 0 Å². The number of hydrogen-bond acceptors (Lipinski definition) is 5. The molecule has 0 amide bonds. The van der Waals surface area contributed by atoms with Crippen LogP contribution in [-0.2, 0) is 0 Å². The molecule has 5 nitrogen and oxygen atoms in total. The topological polar surface area (TPSA) is 44.1 Å². The summed E-state index contributed by atoms with van der Waals surface area (Å²) < 4.78 is 23.9. The van der Waals surface area contributed by atoms with Gasteiger partial charge in [-0.2, -0.15) is 0 Å². The zero-order valence-corrected chi connectivity index (χ0v) is 15.9. The highest BCUT2D eigenvalue weighted by atomic mass is 16.5. The summed E-state index contributed by atoms with van der Waals surface area (Å²) in [5.41, 5.74) is 3.43. The first-order valence-corrected chi connectivity index (χ1v) is 9.02. The van der Waals surface area contributed by atoms with Gasteiger partial charge < -0.3 is 18.6 Å². The van der Waals surface area contributed by atoms with Crippen LogP contribution in [0.15, 0.2) is 65.1 Å². The summed E-state index contributed by atoms with van der Waals surface area (Å²) in [6, 6.07) is 19.7. The van der Waals surface area contributed by atoms with Crippen molar-refractivity contribution in [3.8, 4) is 23.0 Å². The Labute approximate surface area is 162 Å². The number of hydrogen-bond donors (Lipinski definition) is 0. The number of furan rings is 1. The highest BCUT2D eigenvalue weighted by molar-refractivity contribution is 5.98. The summed E-state index contributed by atoms with van der Waals surface area (Å²) in [5, 5.41) is 0.919. The predicted octanol–water partition coefficient (Wildman–Crippen LogP) is 6.33. The third-order valence-electron chi connectivity index (χ3n) is 4.90. The van der Waals surface area contributed by atoms with E-state index >= 15 is 0 Å². The summed E-state index contributed by atoms with van der Waals surface area (Å²) in [6.45, 7) is 2.01. The second kappa shape index (κ2) is 6.23. The van der Waals surface area contributed by atoms with Crippen LogP contribution >= 0.6 is 0 Å². The molecule has 1 aliphatic rings. The number of anilines is 3. The molecule has 1 aromatic heterocycles. The van der Waals surface area contributed by atoms with E-state index in [1.807, 2.05) is 72.5 Å². The van der Waals surface area contributed by atoms with Crippen LogP contribution in [0.4, 0.5) is 17.3 Å². The van der Waals surface area contributed by atoms with Crippen molar-refractivity contribution in [2.24, 2.45) is 0 Å². The lowest BCUT2D eigenvalue weighted by molar-refractivity contribution is 0.393. The number of ether oxygens (including phenoxy) is 3. The van der Waals surface area contributed by atoms with Crippen LogP contribution in [0.5, 0.6) is 23.0 Å². The summed E-state index contributed by atoms with van der Waals surface area (Å²) in [4.78, 5) is 2.01. The van der Waals surface area contributed by atoms with Crippen LogP contribution in [0, 0.1) is 6.92 Å². The number of aryl methyl sites for hydroxylation is 1. The highest BCUT2D eigenvalue weighted by Crippen LogP contribution is 2.57. The quantitative estimate of drug-likeness (QED) is 0.369. The first-order valence-electron chi connectivity index (χ1n) is 9.02. The molecule has 0 atom stereocenters. The van der Waals surface area contributed by atoms with Gasteiger partial charge in [0.05, 0.1) is 25.3 Å². The van der Waals surface area contributed by atoms with Crippen molar-refractivity contribution in [1.29, 1.82) is 0 Å². The molecule has 3 aromatic carbocycles. The first kappa shape index (κ1) is 16.6. The Kier molecular flexibility index (Phi) is 3.69. The van der Waals surface area contributed by atoms with Gasteiger partial charge in [0.2, 0.25) is 5.88 Å². The Hall–Kier alpha value is -3.60. The molecule has 0 fully saturated rings. The Morgan fingerprint density at radius 1 is 0.857 bits per heavy atom. The van der Waals surface area contributed by atoms with E-state index in [-0.39, 0.29) is 0 Å². The lowest BCUT2D eigenvalue weighted by Crippen LogP contribution is -2.16. The van der Waals surface area contributed by atoms with E-state index in [0.717, 1.165) is 33.7 Å². The van der Waals surface area contributed by atoms with E-state index in [1.54, 1.807) is 14.2 Å². The average molecular weight is 373 g/mol. The smallest absolute Gasteiger partial charge is 0.249 e. The second-order valence-corrected chi connectivity index (χ2v) is 6.66. The normalized spacial score (nSPS) is 12.3. The molecule has 2 heterocycles. The SMILES string of the molecule is COc1cc(C)cc(OC)c1N1c2ccccc2Oc2c1oc1ccccc21. The summed E-state index contributed by atoms with van der Waals surface area (Å²) in [7, 11) is 3.31. The largest absolute Gasteiger partial charge is 0.494 e. The minimum absolute atomic E-state index is 0.598.